The van der Waals surface area contributed by atoms with E-state index in [9.17, 15) is 18.0 Å². The highest BCUT2D eigenvalue weighted by atomic mass is 19.2. The number of aromatic nitrogens is 1. The van der Waals surface area contributed by atoms with Crippen molar-refractivity contribution < 1.29 is 18.0 Å². The number of carbonyl (C=O) groups is 1. The zero-order valence-electron chi connectivity index (χ0n) is 13.7. The molecule has 0 radical (unpaired) electrons. The van der Waals surface area contributed by atoms with E-state index in [0.29, 0.717) is 30.3 Å². The number of nitrogens with zero attached hydrogens (tertiary/aromatic N) is 2. The van der Waals surface area contributed by atoms with Crippen LogP contribution >= 0.6 is 0 Å². The Balaban J connectivity index is 1.80. The molecule has 1 N–H and O–H groups in total. The molecule has 1 unspecified atom stereocenters. The molecule has 7 heteroatoms. The Morgan fingerprint density at radius 1 is 1.24 bits per heavy atom. The van der Waals surface area contributed by atoms with Crippen molar-refractivity contribution in [2.75, 3.05) is 18.4 Å². The molecule has 0 aliphatic carbocycles. The standard InChI is InChI=1S/C18H18F3N3O/c1-11-3-2-6-24(10-11)18(25)12-7-13(9-22-8-12)23-15-5-4-14(19)16(20)17(15)21/h4-5,7-9,11,23H,2-3,6,10H2,1H3. The quantitative estimate of drug-likeness (QED) is 0.848. The molecular formula is C18H18F3N3O. The molecule has 0 spiro atoms. The number of nitrogens with one attached hydrogen (secondary N) is 1. The fourth-order valence-electron chi connectivity index (χ4n) is 2.96. The summed E-state index contributed by atoms with van der Waals surface area (Å²) >= 11 is 0. The molecule has 1 aromatic heterocycles. The third-order valence-electron chi connectivity index (χ3n) is 4.24. The van der Waals surface area contributed by atoms with Gasteiger partial charge in [-0.2, -0.15) is 0 Å². The summed E-state index contributed by atoms with van der Waals surface area (Å²) in [5.41, 5.74) is 0.458. The first-order valence-electron chi connectivity index (χ1n) is 8.10. The second kappa shape index (κ2) is 7.13. The number of anilines is 2. The molecule has 25 heavy (non-hydrogen) atoms. The topological polar surface area (TPSA) is 45.2 Å². The molecule has 1 amide bonds. The van der Waals surface area contributed by atoms with E-state index >= 15 is 0 Å². The SMILES string of the molecule is CC1CCCN(C(=O)c2cncc(Nc3ccc(F)c(F)c3F)c2)C1. The molecule has 0 bridgehead atoms. The molecule has 0 saturated carbocycles. The molecule has 1 aliphatic heterocycles. The van der Waals surface area contributed by atoms with Crippen molar-refractivity contribution in [2.45, 2.75) is 19.8 Å². The molecule has 1 aromatic carbocycles. The minimum atomic E-state index is -1.55. The van der Waals surface area contributed by atoms with E-state index in [1.54, 1.807) is 4.90 Å². The van der Waals surface area contributed by atoms with E-state index in [1.165, 1.54) is 18.5 Å². The van der Waals surface area contributed by atoms with Gasteiger partial charge in [0.25, 0.3) is 5.91 Å². The Bertz CT molecular complexity index is 797. The predicted octanol–water partition coefficient (Wildman–Crippen LogP) is 4.11. The zero-order chi connectivity index (χ0) is 18.0. The van der Waals surface area contributed by atoms with Crippen LogP contribution in [0, 0.1) is 23.4 Å². The largest absolute Gasteiger partial charge is 0.352 e. The summed E-state index contributed by atoms with van der Waals surface area (Å²) in [6.45, 7) is 3.48. The lowest BCUT2D eigenvalue weighted by molar-refractivity contribution is 0.0682. The van der Waals surface area contributed by atoms with Crippen LogP contribution in [-0.4, -0.2) is 28.9 Å². The minimum Gasteiger partial charge on any atom is -0.352 e. The molecule has 1 atom stereocenters. The number of carbonyl (C=O) groups excluding carboxylic acids is 1. The smallest absolute Gasteiger partial charge is 0.255 e. The van der Waals surface area contributed by atoms with Crippen molar-refractivity contribution in [1.82, 2.24) is 9.88 Å². The van der Waals surface area contributed by atoms with Gasteiger partial charge in [0.15, 0.2) is 17.5 Å². The van der Waals surface area contributed by atoms with Crippen molar-refractivity contribution >= 4 is 17.3 Å². The number of amides is 1. The zero-order valence-corrected chi connectivity index (χ0v) is 13.7. The van der Waals surface area contributed by atoms with Crippen LogP contribution < -0.4 is 5.32 Å². The monoisotopic (exact) mass is 349 g/mol. The number of halogens is 3. The summed E-state index contributed by atoms with van der Waals surface area (Å²) < 4.78 is 40.1. The van der Waals surface area contributed by atoms with Gasteiger partial charge in [0.05, 0.1) is 23.1 Å². The van der Waals surface area contributed by atoms with Crippen LogP contribution in [0.15, 0.2) is 30.6 Å². The van der Waals surface area contributed by atoms with Gasteiger partial charge in [-0.3, -0.25) is 9.78 Å². The summed E-state index contributed by atoms with van der Waals surface area (Å²) in [7, 11) is 0. The highest BCUT2D eigenvalue weighted by molar-refractivity contribution is 5.95. The Labute approximate surface area is 143 Å². The highest BCUT2D eigenvalue weighted by Gasteiger charge is 2.22. The molecule has 1 aliphatic rings. The minimum absolute atomic E-state index is 0.145. The van der Waals surface area contributed by atoms with Gasteiger partial charge >= 0.3 is 0 Å². The maximum Gasteiger partial charge on any atom is 0.255 e. The first kappa shape index (κ1) is 17.3. The number of likely N-dealkylation sites (tertiary alicyclic amines) is 1. The van der Waals surface area contributed by atoms with Gasteiger partial charge in [0, 0.05) is 19.3 Å². The van der Waals surface area contributed by atoms with E-state index < -0.39 is 17.5 Å². The molecule has 4 nitrogen and oxygen atoms in total. The van der Waals surface area contributed by atoms with Crippen molar-refractivity contribution in [1.29, 1.82) is 0 Å². The number of piperidine rings is 1. The average molecular weight is 349 g/mol. The third-order valence-corrected chi connectivity index (χ3v) is 4.24. The normalized spacial score (nSPS) is 17.4. The third kappa shape index (κ3) is 3.75. The van der Waals surface area contributed by atoms with Gasteiger partial charge in [-0.1, -0.05) is 6.92 Å². The van der Waals surface area contributed by atoms with Crippen LogP contribution in [0.5, 0.6) is 0 Å². The summed E-state index contributed by atoms with van der Waals surface area (Å²) in [6.07, 6.45) is 4.88. The fraction of sp³-hybridized carbons (Fsp3) is 0.333. The lowest BCUT2D eigenvalue weighted by atomic mass is 10.00. The summed E-state index contributed by atoms with van der Waals surface area (Å²) in [4.78, 5) is 18.3. The summed E-state index contributed by atoms with van der Waals surface area (Å²) in [5.74, 6) is -3.82. The van der Waals surface area contributed by atoms with E-state index in [1.807, 2.05) is 0 Å². The van der Waals surface area contributed by atoms with Gasteiger partial charge in [-0.25, -0.2) is 13.2 Å². The van der Waals surface area contributed by atoms with Crippen molar-refractivity contribution in [3.05, 3.63) is 53.6 Å². The van der Waals surface area contributed by atoms with Crippen LogP contribution in [0.2, 0.25) is 0 Å². The number of benzene rings is 1. The molecule has 132 valence electrons. The van der Waals surface area contributed by atoms with Crippen LogP contribution in [-0.2, 0) is 0 Å². The van der Waals surface area contributed by atoms with Gasteiger partial charge in [0.1, 0.15) is 0 Å². The van der Waals surface area contributed by atoms with E-state index in [4.69, 9.17) is 0 Å². The molecule has 3 rings (SSSR count). The molecule has 1 fully saturated rings. The molecule has 2 aromatic rings. The van der Waals surface area contributed by atoms with Gasteiger partial charge in [-0.05, 0) is 37.0 Å². The Morgan fingerprint density at radius 2 is 2.04 bits per heavy atom. The fourth-order valence-corrected chi connectivity index (χ4v) is 2.96. The summed E-state index contributed by atoms with van der Waals surface area (Å²) in [6, 6.07) is 3.45. The van der Waals surface area contributed by atoms with E-state index in [-0.39, 0.29) is 11.6 Å². The average Bonchev–Trinajstić information content (AvgIpc) is 2.62. The van der Waals surface area contributed by atoms with Crippen LogP contribution in [0.25, 0.3) is 0 Å². The Kier molecular flexibility index (Phi) is 4.92. The maximum atomic E-state index is 13.8. The van der Waals surface area contributed by atoms with Crippen molar-refractivity contribution in [2.24, 2.45) is 5.92 Å². The molecule has 1 saturated heterocycles. The van der Waals surface area contributed by atoms with E-state index in [0.717, 1.165) is 25.0 Å². The highest BCUT2D eigenvalue weighted by Crippen LogP contribution is 2.24. The number of hydrogen-bond donors (Lipinski definition) is 1. The number of hydrogen-bond acceptors (Lipinski definition) is 3. The Morgan fingerprint density at radius 3 is 2.80 bits per heavy atom. The number of rotatable bonds is 3. The first-order valence-corrected chi connectivity index (χ1v) is 8.10. The van der Waals surface area contributed by atoms with Crippen molar-refractivity contribution in [3.63, 3.8) is 0 Å². The van der Waals surface area contributed by atoms with E-state index in [2.05, 4.69) is 17.2 Å². The van der Waals surface area contributed by atoms with Gasteiger partial charge in [-0.15, -0.1) is 0 Å². The van der Waals surface area contributed by atoms with Crippen LogP contribution in [0.4, 0.5) is 24.5 Å². The maximum absolute atomic E-state index is 13.8. The molecule has 2 heterocycles. The second-order valence-corrected chi connectivity index (χ2v) is 6.31. The van der Waals surface area contributed by atoms with Crippen LogP contribution in [0.3, 0.4) is 0 Å². The molecular weight excluding hydrogens is 331 g/mol. The lowest BCUT2D eigenvalue weighted by Crippen LogP contribution is -2.39. The summed E-state index contributed by atoms with van der Waals surface area (Å²) in [5, 5.41) is 2.63. The van der Waals surface area contributed by atoms with Crippen LogP contribution in [0.1, 0.15) is 30.1 Å². The first-order chi connectivity index (χ1) is 12.0. The Hall–Kier alpha value is -2.57. The predicted molar refractivity (Wildman–Crippen MR) is 88.1 cm³/mol. The van der Waals surface area contributed by atoms with Gasteiger partial charge in [0.2, 0.25) is 0 Å². The second-order valence-electron chi connectivity index (χ2n) is 6.31. The van der Waals surface area contributed by atoms with Gasteiger partial charge < -0.3 is 10.2 Å². The number of pyridine rings is 1. The lowest BCUT2D eigenvalue weighted by Gasteiger charge is -2.31. The van der Waals surface area contributed by atoms with Crippen molar-refractivity contribution in [3.8, 4) is 0 Å².